The van der Waals surface area contributed by atoms with Crippen molar-refractivity contribution in [2.45, 2.75) is 39.0 Å². The van der Waals surface area contributed by atoms with Crippen LogP contribution in [0.15, 0.2) is 12.2 Å². The molecule has 0 bridgehead atoms. The summed E-state index contributed by atoms with van der Waals surface area (Å²) in [7, 11) is 0. The van der Waals surface area contributed by atoms with Crippen molar-refractivity contribution in [3.63, 3.8) is 0 Å². The minimum absolute atomic E-state index is 0.249. The zero-order valence-electron chi connectivity index (χ0n) is 8.87. The van der Waals surface area contributed by atoms with E-state index < -0.39 is 0 Å². The number of hydrogen-bond acceptors (Lipinski definition) is 3. The first-order chi connectivity index (χ1) is 6.81. The van der Waals surface area contributed by atoms with E-state index in [1.807, 2.05) is 6.92 Å². The maximum Gasteiger partial charge on any atom is 0.330 e. The van der Waals surface area contributed by atoms with Crippen molar-refractivity contribution in [3.05, 3.63) is 12.2 Å². The molecule has 0 aliphatic rings. The molecule has 0 aliphatic heterocycles. The molecular formula is C11H20O3. The summed E-state index contributed by atoms with van der Waals surface area (Å²) in [5.74, 6) is -0.256. The fourth-order valence-corrected chi connectivity index (χ4v) is 1.00. The van der Waals surface area contributed by atoms with Crippen LogP contribution in [0, 0.1) is 0 Å². The van der Waals surface area contributed by atoms with Gasteiger partial charge < -0.3 is 9.84 Å². The standard InChI is InChI=1S/C11H20O3/c1-2-3-8-11(13)14-10-7-5-4-6-9-12/h3,8,12H,2,4-7,9-10H2,1H3. The van der Waals surface area contributed by atoms with E-state index in [-0.39, 0.29) is 12.6 Å². The molecule has 0 saturated heterocycles. The molecule has 0 atom stereocenters. The molecule has 0 aromatic heterocycles. The highest BCUT2D eigenvalue weighted by Crippen LogP contribution is 1.99. The van der Waals surface area contributed by atoms with Crippen LogP contribution in [-0.4, -0.2) is 24.3 Å². The van der Waals surface area contributed by atoms with Gasteiger partial charge in [-0.25, -0.2) is 4.79 Å². The monoisotopic (exact) mass is 200 g/mol. The highest BCUT2D eigenvalue weighted by atomic mass is 16.5. The second kappa shape index (κ2) is 10.3. The molecule has 0 rings (SSSR count). The van der Waals surface area contributed by atoms with E-state index in [1.54, 1.807) is 6.08 Å². The van der Waals surface area contributed by atoms with Gasteiger partial charge in [0.2, 0.25) is 0 Å². The fourth-order valence-electron chi connectivity index (χ4n) is 1.00. The quantitative estimate of drug-likeness (QED) is 0.370. The van der Waals surface area contributed by atoms with Crippen LogP contribution < -0.4 is 0 Å². The number of aliphatic hydroxyl groups is 1. The molecule has 14 heavy (non-hydrogen) atoms. The first-order valence-electron chi connectivity index (χ1n) is 5.25. The van der Waals surface area contributed by atoms with Gasteiger partial charge in [0, 0.05) is 12.7 Å². The summed E-state index contributed by atoms with van der Waals surface area (Å²) in [6.07, 6.45) is 7.83. The number of rotatable bonds is 8. The average molecular weight is 200 g/mol. The van der Waals surface area contributed by atoms with Gasteiger partial charge in [0.15, 0.2) is 0 Å². The normalized spacial score (nSPS) is 10.7. The molecule has 0 aliphatic carbocycles. The van der Waals surface area contributed by atoms with Crippen molar-refractivity contribution in [2.75, 3.05) is 13.2 Å². The highest BCUT2D eigenvalue weighted by Gasteiger charge is 1.95. The number of carbonyl (C=O) groups is 1. The summed E-state index contributed by atoms with van der Waals surface area (Å²) in [6, 6.07) is 0. The molecule has 0 radical (unpaired) electrons. The Kier molecular flexibility index (Phi) is 9.64. The third-order valence-corrected chi connectivity index (χ3v) is 1.79. The second-order valence-corrected chi connectivity index (χ2v) is 3.12. The molecule has 0 amide bonds. The van der Waals surface area contributed by atoms with Crippen molar-refractivity contribution in [1.29, 1.82) is 0 Å². The lowest BCUT2D eigenvalue weighted by atomic mass is 10.2. The number of carbonyl (C=O) groups excluding carboxylic acids is 1. The summed E-state index contributed by atoms with van der Waals surface area (Å²) in [5, 5.41) is 8.51. The van der Waals surface area contributed by atoms with Gasteiger partial charge in [-0.2, -0.15) is 0 Å². The first-order valence-corrected chi connectivity index (χ1v) is 5.25. The van der Waals surface area contributed by atoms with E-state index in [0.29, 0.717) is 6.61 Å². The van der Waals surface area contributed by atoms with E-state index in [1.165, 1.54) is 6.08 Å². The Labute approximate surface area is 85.8 Å². The van der Waals surface area contributed by atoms with Gasteiger partial charge in [-0.15, -0.1) is 0 Å². The van der Waals surface area contributed by atoms with E-state index >= 15 is 0 Å². The van der Waals surface area contributed by atoms with Crippen LogP contribution in [0.3, 0.4) is 0 Å². The SMILES string of the molecule is CCC=CC(=O)OCCCCCCO. The van der Waals surface area contributed by atoms with Crippen LogP contribution >= 0.6 is 0 Å². The molecule has 0 unspecified atom stereocenters. The molecule has 0 aromatic rings. The Balaban J connectivity index is 3.19. The van der Waals surface area contributed by atoms with Crippen LogP contribution in [0.2, 0.25) is 0 Å². The third-order valence-electron chi connectivity index (χ3n) is 1.79. The maximum absolute atomic E-state index is 10.9. The van der Waals surface area contributed by atoms with Gasteiger partial charge in [-0.1, -0.05) is 19.4 Å². The molecule has 0 aromatic carbocycles. The lowest BCUT2D eigenvalue weighted by molar-refractivity contribution is -0.137. The molecule has 0 saturated carbocycles. The van der Waals surface area contributed by atoms with Crippen LogP contribution in [0.25, 0.3) is 0 Å². The van der Waals surface area contributed by atoms with E-state index in [0.717, 1.165) is 32.1 Å². The topological polar surface area (TPSA) is 46.5 Å². The Morgan fingerprint density at radius 3 is 2.64 bits per heavy atom. The van der Waals surface area contributed by atoms with E-state index in [4.69, 9.17) is 9.84 Å². The first kappa shape index (κ1) is 13.2. The predicted molar refractivity (Wildman–Crippen MR) is 55.9 cm³/mol. The molecule has 3 nitrogen and oxygen atoms in total. The number of unbranched alkanes of at least 4 members (excludes halogenated alkanes) is 3. The fraction of sp³-hybridized carbons (Fsp3) is 0.727. The second-order valence-electron chi connectivity index (χ2n) is 3.12. The van der Waals surface area contributed by atoms with Gasteiger partial charge in [-0.05, 0) is 25.7 Å². The van der Waals surface area contributed by atoms with Crippen molar-refractivity contribution < 1.29 is 14.6 Å². The minimum Gasteiger partial charge on any atom is -0.463 e. The van der Waals surface area contributed by atoms with Gasteiger partial charge in [0.05, 0.1) is 6.61 Å². The lowest BCUT2D eigenvalue weighted by Gasteiger charge is -2.01. The van der Waals surface area contributed by atoms with Gasteiger partial charge in [0.1, 0.15) is 0 Å². The number of esters is 1. The van der Waals surface area contributed by atoms with Crippen LogP contribution in [0.4, 0.5) is 0 Å². The van der Waals surface area contributed by atoms with Crippen molar-refractivity contribution in [3.8, 4) is 0 Å². The smallest absolute Gasteiger partial charge is 0.330 e. The molecule has 1 N–H and O–H groups in total. The largest absolute Gasteiger partial charge is 0.463 e. The summed E-state index contributed by atoms with van der Waals surface area (Å²) in [4.78, 5) is 10.9. The third kappa shape index (κ3) is 9.26. The van der Waals surface area contributed by atoms with Crippen molar-refractivity contribution in [1.82, 2.24) is 0 Å². The van der Waals surface area contributed by atoms with Crippen LogP contribution in [-0.2, 0) is 9.53 Å². The van der Waals surface area contributed by atoms with Crippen molar-refractivity contribution in [2.24, 2.45) is 0 Å². The summed E-state index contributed by atoms with van der Waals surface area (Å²) < 4.78 is 4.94. The molecule has 0 fully saturated rings. The van der Waals surface area contributed by atoms with E-state index in [2.05, 4.69) is 0 Å². The zero-order valence-corrected chi connectivity index (χ0v) is 8.87. The average Bonchev–Trinajstić information content (AvgIpc) is 2.20. The molecular weight excluding hydrogens is 180 g/mol. The molecule has 0 heterocycles. The Bertz CT molecular complexity index is 164. The van der Waals surface area contributed by atoms with E-state index in [9.17, 15) is 4.79 Å². The molecule has 82 valence electrons. The predicted octanol–water partition coefficient (Wildman–Crippen LogP) is 2.05. The van der Waals surface area contributed by atoms with Gasteiger partial charge >= 0.3 is 5.97 Å². The van der Waals surface area contributed by atoms with Gasteiger partial charge in [-0.3, -0.25) is 0 Å². The number of ether oxygens (including phenoxy) is 1. The summed E-state index contributed by atoms with van der Waals surface area (Å²) in [6.45, 7) is 2.70. The highest BCUT2D eigenvalue weighted by molar-refractivity contribution is 5.81. The molecule has 0 spiro atoms. The Morgan fingerprint density at radius 2 is 2.00 bits per heavy atom. The lowest BCUT2D eigenvalue weighted by Crippen LogP contribution is -2.02. The Hall–Kier alpha value is -0.830. The Morgan fingerprint density at radius 1 is 1.29 bits per heavy atom. The maximum atomic E-state index is 10.9. The minimum atomic E-state index is -0.256. The van der Waals surface area contributed by atoms with Crippen LogP contribution in [0.1, 0.15) is 39.0 Å². The number of allylic oxidation sites excluding steroid dienone is 1. The van der Waals surface area contributed by atoms with Crippen molar-refractivity contribution >= 4 is 5.97 Å². The summed E-state index contributed by atoms with van der Waals surface area (Å²) in [5.41, 5.74) is 0. The molecule has 3 heteroatoms. The van der Waals surface area contributed by atoms with Gasteiger partial charge in [0.25, 0.3) is 0 Å². The summed E-state index contributed by atoms with van der Waals surface area (Å²) >= 11 is 0. The zero-order chi connectivity index (χ0) is 10.6. The van der Waals surface area contributed by atoms with Crippen LogP contribution in [0.5, 0.6) is 0 Å². The number of hydrogen-bond donors (Lipinski definition) is 1. The number of aliphatic hydroxyl groups excluding tert-OH is 1.